The van der Waals surface area contributed by atoms with Crippen LogP contribution in [-0.4, -0.2) is 6.71 Å². The highest BCUT2D eigenvalue weighted by atomic mass is 16.3. The van der Waals surface area contributed by atoms with Crippen molar-refractivity contribution in [3.05, 3.63) is 160 Å². The summed E-state index contributed by atoms with van der Waals surface area (Å²) in [5, 5.41) is 3.75. The van der Waals surface area contributed by atoms with Gasteiger partial charge in [0.2, 0.25) is 0 Å². The van der Waals surface area contributed by atoms with E-state index in [4.69, 9.17) is 4.42 Å². The van der Waals surface area contributed by atoms with E-state index in [9.17, 15) is 0 Å². The summed E-state index contributed by atoms with van der Waals surface area (Å²) in [5.41, 5.74) is 26.1. The molecule has 382 valence electrons. The van der Waals surface area contributed by atoms with E-state index in [-0.39, 0.29) is 44.6 Å². The van der Waals surface area contributed by atoms with E-state index in [0.717, 1.165) is 43.3 Å². The quantitative estimate of drug-likeness (QED) is 0.165. The van der Waals surface area contributed by atoms with Crippen LogP contribution >= 0.6 is 0 Å². The molecule has 8 aromatic rings. The third-order valence-corrected chi connectivity index (χ3v) is 20.0. The minimum atomic E-state index is -0.146. The van der Waals surface area contributed by atoms with Gasteiger partial charge in [0.1, 0.15) is 5.58 Å². The Morgan fingerprint density at radius 1 is 0.453 bits per heavy atom. The monoisotopic (exact) mass is 987 g/mol. The van der Waals surface area contributed by atoms with Gasteiger partial charge in [0.25, 0.3) is 6.71 Å². The molecule has 0 fully saturated rings. The lowest BCUT2D eigenvalue weighted by Crippen LogP contribution is -2.61. The number of furan rings is 1. The van der Waals surface area contributed by atoms with Gasteiger partial charge in [-0.25, -0.2) is 0 Å². The fourth-order valence-electron chi connectivity index (χ4n) is 14.9. The largest absolute Gasteiger partial charge is 0.468 e. The number of aryl methyl sites for hydroxylation is 1. The van der Waals surface area contributed by atoms with Crippen LogP contribution in [0.25, 0.3) is 32.9 Å². The summed E-state index contributed by atoms with van der Waals surface area (Å²) in [6, 6.07) is 46.1. The zero-order valence-corrected chi connectivity index (χ0v) is 48.1. The maximum atomic E-state index is 7.81. The molecule has 3 aliphatic carbocycles. The number of hydrogen-bond donors (Lipinski definition) is 0. The summed E-state index contributed by atoms with van der Waals surface area (Å²) in [7, 11) is 0. The summed E-state index contributed by atoms with van der Waals surface area (Å²) in [6.07, 6.45) is 6.94. The average Bonchev–Trinajstić information content (AvgIpc) is 3.80. The maximum Gasteiger partial charge on any atom is 0.297 e. The van der Waals surface area contributed by atoms with Crippen LogP contribution < -0.4 is 26.4 Å². The Morgan fingerprint density at radius 2 is 1.00 bits per heavy atom. The van der Waals surface area contributed by atoms with Gasteiger partial charge < -0.3 is 14.2 Å². The van der Waals surface area contributed by atoms with Crippen LogP contribution in [-0.2, 0) is 37.9 Å². The van der Waals surface area contributed by atoms with Gasteiger partial charge in [-0.1, -0.05) is 165 Å². The Labute approximate surface area is 449 Å². The normalized spacial score (nSPS) is 20.0. The topological polar surface area (TPSA) is 19.6 Å². The van der Waals surface area contributed by atoms with Crippen molar-refractivity contribution in [2.24, 2.45) is 0 Å². The number of rotatable bonds is 3. The van der Waals surface area contributed by atoms with Gasteiger partial charge in [0, 0.05) is 33.7 Å². The van der Waals surface area contributed by atoms with E-state index in [2.05, 4.69) is 236 Å². The van der Waals surface area contributed by atoms with E-state index in [1.54, 1.807) is 0 Å². The van der Waals surface area contributed by atoms with Crippen LogP contribution in [0.1, 0.15) is 187 Å². The van der Waals surface area contributed by atoms with E-state index < -0.39 is 0 Å². The number of benzene rings is 7. The molecule has 0 unspecified atom stereocenters. The molecular formula is C71H79BN2O. The molecule has 5 aliphatic rings. The van der Waals surface area contributed by atoms with Crippen molar-refractivity contribution < 1.29 is 4.42 Å². The molecule has 0 atom stereocenters. The van der Waals surface area contributed by atoms with Crippen molar-refractivity contribution in [2.75, 3.05) is 9.80 Å². The maximum absolute atomic E-state index is 7.81. The Balaban J connectivity index is 1.18. The molecule has 0 amide bonds. The van der Waals surface area contributed by atoms with Gasteiger partial charge in [-0.05, 0) is 210 Å². The fraction of sp³-hybridized carbons (Fsp3) is 0.408. The lowest BCUT2D eigenvalue weighted by atomic mass is 9.35. The van der Waals surface area contributed by atoms with Crippen LogP contribution in [0.15, 0.2) is 120 Å². The Bertz CT molecular complexity index is 3750. The van der Waals surface area contributed by atoms with Crippen molar-refractivity contribution in [2.45, 2.75) is 187 Å². The first kappa shape index (κ1) is 48.6. The van der Waals surface area contributed by atoms with Gasteiger partial charge in [0.05, 0.1) is 17.0 Å². The van der Waals surface area contributed by atoms with Crippen LogP contribution in [0.3, 0.4) is 0 Å². The van der Waals surface area contributed by atoms with Crippen molar-refractivity contribution >= 4 is 79.2 Å². The number of hydrogen-bond acceptors (Lipinski definition) is 3. The van der Waals surface area contributed by atoms with Crippen molar-refractivity contribution in [3.63, 3.8) is 0 Å². The summed E-state index contributed by atoms with van der Waals surface area (Å²) >= 11 is 0. The molecule has 0 saturated heterocycles. The minimum absolute atomic E-state index is 0.000491. The van der Waals surface area contributed by atoms with Crippen LogP contribution in [0.4, 0.5) is 34.1 Å². The van der Waals surface area contributed by atoms with Crippen molar-refractivity contribution in [1.29, 1.82) is 0 Å². The van der Waals surface area contributed by atoms with Crippen molar-refractivity contribution in [1.82, 2.24) is 0 Å². The molecule has 0 N–H and O–H groups in total. The predicted molar refractivity (Wildman–Crippen MR) is 322 cm³/mol. The second-order valence-corrected chi connectivity index (χ2v) is 29.0. The SMILES string of the molecule is Cc1cc2c3c(c1)N(c1ccc4c(c1)C(C)(C)CCC4(C)C)c1c(oc4cc5c(cc14)C(C)(C)CCC5(C)C)B3c1cc3c(cc1N2c1ccc(C(C)(C)C)cc1-c1cccc2ccccc12)C(C)(C)CCC3(C)C. The van der Waals surface area contributed by atoms with Gasteiger partial charge in [0.15, 0.2) is 0 Å². The molecule has 0 bridgehead atoms. The van der Waals surface area contributed by atoms with Gasteiger partial charge in [-0.15, -0.1) is 0 Å². The summed E-state index contributed by atoms with van der Waals surface area (Å²) < 4.78 is 7.81. The molecular weight excluding hydrogens is 908 g/mol. The number of fused-ring (bicyclic) bond motifs is 10. The fourth-order valence-corrected chi connectivity index (χ4v) is 14.9. The average molecular weight is 987 g/mol. The zero-order chi connectivity index (χ0) is 52.9. The molecule has 4 heteroatoms. The lowest BCUT2D eigenvalue weighted by Gasteiger charge is -2.47. The zero-order valence-electron chi connectivity index (χ0n) is 48.1. The highest BCUT2D eigenvalue weighted by Crippen LogP contribution is 2.56. The van der Waals surface area contributed by atoms with Gasteiger partial charge >= 0.3 is 0 Å². The lowest BCUT2D eigenvalue weighted by molar-refractivity contribution is 0.332. The van der Waals surface area contributed by atoms with E-state index in [0.29, 0.717) is 0 Å². The molecule has 3 nitrogen and oxygen atoms in total. The second-order valence-electron chi connectivity index (χ2n) is 29.0. The third kappa shape index (κ3) is 7.12. The number of nitrogens with zero attached hydrogens (tertiary/aromatic N) is 2. The summed E-state index contributed by atoms with van der Waals surface area (Å²) in [4.78, 5) is 5.37. The Hall–Kier alpha value is -6.00. The molecule has 1 aromatic heterocycles. The molecule has 7 aromatic carbocycles. The first-order valence-corrected chi connectivity index (χ1v) is 28.5. The minimum Gasteiger partial charge on any atom is -0.468 e. The highest BCUT2D eigenvalue weighted by Gasteiger charge is 2.50. The molecule has 0 radical (unpaired) electrons. The van der Waals surface area contributed by atoms with Crippen LogP contribution in [0, 0.1) is 6.92 Å². The van der Waals surface area contributed by atoms with E-state index >= 15 is 0 Å². The third-order valence-electron chi connectivity index (χ3n) is 20.0. The summed E-state index contributed by atoms with van der Waals surface area (Å²) in [5.74, 6) is 0. The molecule has 2 aliphatic heterocycles. The second kappa shape index (κ2) is 15.6. The first-order chi connectivity index (χ1) is 35.2. The first-order valence-electron chi connectivity index (χ1n) is 28.5. The molecule has 13 rings (SSSR count). The van der Waals surface area contributed by atoms with Gasteiger partial charge in [-0.3, -0.25) is 0 Å². The predicted octanol–water partition coefficient (Wildman–Crippen LogP) is 18.0. The Morgan fingerprint density at radius 3 is 1.64 bits per heavy atom. The standard InChI is InChI=1S/C71H79BN2O/c1-42-34-59-62-60(35-42)74(57-27-24-44(65(2,3)4)36-48(57)47-23-19-21-43-20-17-18-22-46(43)47)58-40-54-53(69(11,12)31-32-70(54,13)14)39-56(58)72(62)64-63(49-38-52-55(41-61(49)75-64)71(15,16)33-30-68(52,9)10)73(59)45-25-26-50-51(37-45)67(7,8)29-28-66(50,5)6/h17-27,34-41H,28-33H2,1-16H3. The highest BCUT2D eigenvalue weighted by molar-refractivity contribution is 7.00. The van der Waals surface area contributed by atoms with Crippen molar-refractivity contribution in [3.8, 4) is 11.1 Å². The molecule has 0 spiro atoms. The summed E-state index contributed by atoms with van der Waals surface area (Å²) in [6.45, 7) is 38.8. The molecule has 75 heavy (non-hydrogen) atoms. The molecule has 0 saturated carbocycles. The Kier molecular flexibility index (Phi) is 10.1. The van der Waals surface area contributed by atoms with Crippen LogP contribution in [0.2, 0.25) is 0 Å². The molecule has 3 heterocycles. The van der Waals surface area contributed by atoms with Crippen LogP contribution in [0.5, 0.6) is 0 Å². The van der Waals surface area contributed by atoms with Gasteiger partial charge in [-0.2, -0.15) is 0 Å². The van der Waals surface area contributed by atoms with E-state index in [1.165, 1.54) is 123 Å². The number of anilines is 6. The smallest absolute Gasteiger partial charge is 0.297 e. The van der Waals surface area contributed by atoms with E-state index in [1.807, 2.05) is 0 Å².